The van der Waals surface area contributed by atoms with Crippen LogP contribution in [0.25, 0.3) is 0 Å². The van der Waals surface area contributed by atoms with Crippen molar-refractivity contribution in [1.29, 1.82) is 0 Å². The van der Waals surface area contributed by atoms with Crippen LogP contribution in [-0.4, -0.2) is 0 Å². The van der Waals surface area contributed by atoms with Crippen LogP contribution in [0, 0.1) is 11.6 Å². The molecule has 106 valence electrons. The fourth-order valence-electron chi connectivity index (χ4n) is 2.43. The minimum atomic E-state index is -0.228. The summed E-state index contributed by atoms with van der Waals surface area (Å²) >= 11 is 0. The molecule has 0 spiro atoms. The first-order valence-corrected chi connectivity index (χ1v) is 7.01. The largest absolute Gasteiger partial charge is 0.207 e. The molecule has 2 aromatic rings. The summed E-state index contributed by atoms with van der Waals surface area (Å²) in [7, 11) is 0. The fraction of sp³-hybridized carbons (Fsp3) is 0.333. The zero-order valence-corrected chi connectivity index (χ0v) is 12.2. The summed E-state index contributed by atoms with van der Waals surface area (Å²) in [6, 6.07) is 12.0. The first kappa shape index (κ1) is 14.7. The Bertz CT molecular complexity index is 570. The van der Waals surface area contributed by atoms with Gasteiger partial charge in [-0.15, -0.1) is 0 Å². The van der Waals surface area contributed by atoms with Crippen molar-refractivity contribution in [2.45, 2.75) is 39.0 Å². The van der Waals surface area contributed by atoms with Gasteiger partial charge in [0.1, 0.15) is 11.6 Å². The zero-order valence-electron chi connectivity index (χ0n) is 12.2. The van der Waals surface area contributed by atoms with Crippen molar-refractivity contribution in [3.63, 3.8) is 0 Å². The van der Waals surface area contributed by atoms with E-state index in [2.05, 4.69) is 6.92 Å². The molecule has 20 heavy (non-hydrogen) atoms. The van der Waals surface area contributed by atoms with Crippen molar-refractivity contribution < 1.29 is 8.78 Å². The lowest BCUT2D eigenvalue weighted by molar-refractivity contribution is 0.594. The third-order valence-electron chi connectivity index (χ3n) is 3.67. The normalized spacial score (nSPS) is 12.7. The third-order valence-corrected chi connectivity index (χ3v) is 3.67. The standard InChI is InChI=1S/C18H20F2/c1-12(2)17-9-4-14(11-18(17)20)10-13(3)15-5-7-16(19)8-6-15/h4-9,11-13H,10H2,1-3H3. The first-order chi connectivity index (χ1) is 9.47. The van der Waals surface area contributed by atoms with Gasteiger partial charge in [-0.3, -0.25) is 0 Å². The van der Waals surface area contributed by atoms with Crippen LogP contribution in [0.2, 0.25) is 0 Å². The van der Waals surface area contributed by atoms with Crippen LogP contribution in [0.3, 0.4) is 0 Å². The molecule has 0 aliphatic heterocycles. The van der Waals surface area contributed by atoms with E-state index in [-0.39, 0.29) is 23.5 Å². The maximum atomic E-state index is 14.0. The summed E-state index contributed by atoms with van der Waals surface area (Å²) in [6.07, 6.45) is 0.751. The Balaban J connectivity index is 2.13. The molecular formula is C18H20F2. The van der Waals surface area contributed by atoms with Gasteiger partial charge in [0.25, 0.3) is 0 Å². The van der Waals surface area contributed by atoms with E-state index in [0.29, 0.717) is 0 Å². The van der Waals surface area contributed by atoms with Gasteiger partial charge in [0.2, 0.25) is 0 Å². The number of hydrogen-bond donors (Lipinski definition) is 0. The quantitative estimate of drug-likeness (QED) is 0.697. The van der Waals surface area contributed by atoms with Crippen molar-refractivity contribution in [3.05, 3.63) is 70.8 Å². The predicted octanol–water partition coefficient (Wildman–Crippen LogP) is 5.43. The monoisotopic (exact) mass is 274 g/mol. The van der Waals surface area contributed by atoms with Gasteiger partial charge in [-0.05, 0) is 53.1 Å². The average molecular weight is 274 g/mol. The molecule has 0 heterocycles. The lowest BCUT2D eigenvalue weighted by atomic mass is 9.92. The van der Waals surface area contributed by atoms with Crippen LogP contribution in [0.5, 0.6) is 0 Å². The van der Waals surface area contributed by atoms with Gasteiger partial charge in [0, 0.05) is 0 Å². The summed E-state index contributed by atoms with van der Waals surface area (Å²) < 4.78 is 26.9. The van der Waals surface area contributed by atoms with E-state index in [1.54, 1.807) is 18.2 Å². The topological polar surface area (TPSA) is 0 Å². The number of halogens is 2. The van der Waals surface area contributed by atoms with E-state index in [4.69, 9.17) is 0 Å². The molecule has 0 amide bonds. The van der Waals surface area contributed by atoms with Crippen molar-refractivity contribution >= 4 is 0 Å². The molecule has 0 saturated heterocycles. The van der Waals surface area contributed by atoms with E-state index < -0.39 is 0 Å². The smallest absolute Gasteiger partial charge is 0.126 e. The highest BCUT2D eigenvalue weighted by Crippen LogP contribution is 2.24. The molecule has 0 saturated carbocycles. The number of hydrogen-bond acceptors (Lipinski definition) is 0. The van der Waals surface area contributed by atoms with Gasteiger partial charge in [-0.1, -0.05) is 45.0 Å². The Labute approximate surface area is 119 Å². The maximum Gasteiger partial charge on any atom is 0.126 e. The van der Waals surface area contributed by atoms with E-state index in [1.807, 2.05) is 26.0 Å². The molecule has 1 unspecified atom stereocenters. The minimum Gasteiger partial charge on any atom is -0.207 e. The summed E-state index contributed by atoms with van der Waals surface area (Å²) in [4.78, 5) is 0. The summed E-state index contributed by atoms with van der Waals surface area (Å²) in [5.74, 6) is 0.0653. The molecule has 0 nitrogen and oxygen atoms in total. The predicted molar refractivity (Wildman–Crippen MR) is 79.0 cm³/mol. The van der Waals surface area contributed by atoms with Crippen LogP contribution in [0.15, 0.2) is 42.5 Å². The average Bonchev–Trinajstić information content (AvgIpc) is 2.39. The van der Waals surface area contributed by atoms with Gasteiger partial charge < -0.3 is 0 Å². The Morgan fingerprint density at radius 2 is 1.55 bits per heavy atom. The van der Waals surface area contributed by atoms with Gasteiger partial charge >= 0.3 is 0 Å². The van der Waals surface area contributed by atoms with Crippen LogP contribution in [-0.2, 0) is 6.42 Å². The molecule has 0 fully saturated rings. The summed E-state index contributed by atoms with van der Waals surface area (Å²) in [5, 5.41) is 0. The molecular weight excluding hydrogens is 254 g/mol. The van der Waals surface area contributed by atoms with Crippen LogP contribution in [0.4, 0.5) is 8.78 Å². The SMILES string of the molecule is CC(C)c1ccc(CC(C)c2ccc(F)cc2)cc1F. The van der Waals surface area contributed by atoms with Crippen LogP contribution >= 0.6 is 0 Å². The molecule has 0 bridgehead atoms. The van der Waals surface area contributed by atoms with E-state index in [0.717, 1.165) is 23.1 Å². The molecule has 2 rings (SSSR count). The number of rotatable bonds is 4. The molecule has 1 atom stereocenters. The highest BCUT2D eigenvalue weighted by Gasteiger charge is 2.11. The Morgan fingerprint density at radius 1 is 0.900 bits per heavy atom. The van der Waals surface area contributed by atoms with Crippen molar-refractivity contribution in [3.8, 4) is 0 Å². The van der Waals surface area contributed by atoms with E-state index in [1.165, 1.54) is 12.1 Å². The van der Waals surface area contributed by atoms with Gasteiger partial charge in [-0.2, -0.15) is 0 Å². The van der Waals surface area contributed by atoms with Gasteiger partial charge in [0.05, 0.1) is 0 Å². The second kappa shape index (κ2) is 6.17. The van der Waals surface area contributed by atoms with Crippen LogP contribution in [0.1, 0.15) is 49.3 Å². The fourth-order valence-corrected chi connectivity index (χ4v) is 2.43. The second-order valence-electron chi connectivity index (χ2n) is 5.67. The number of benzene rings is 2. The first-order valence-electron chi connectivity index (χ1n) is 7.01. The third kappa shape index (κ3) is 3.44. The Kier molecular flexibility index (Phi) is 4.53. The van der Waals surface area contributed by atoms with Crippen molar-refractivity contribution in [2.75, 3.05) is 0 Å². The molecule has 0 aliphatic rings. The van der Waals surface area contributed by atoms with E-state index in [9.17, 15) is 8.78 Å². The minimum absolute atomic E-state index is 0.135. The molecule has 0 radical (unpaired) electrons. The highest BCUT2D eigenvalue weighted by molar-refractivity contribution is 5.29. The molecule has 0 N–H and O–H groups in total. The van der Waals surface area contributed by atoms with Crippen molar-refractivity contribution in [1.82, 2.24) is 0 Å². The lowest BCUT2D eigenvalue weighted by Crippen LogP contribution is -2.01. The van der Waals surface area contributed by atoms with Crippen molar-refractivity contribution in [2.24, 2.45) is 0 Å². The van der Waals surface area contributed by atoms with Gasteiger partial charge in [0.15, 0.2) is 0 Å². The van der Waals surface area contributed by atoms with E-state index >= 15 is 0 Å². The lowest BCUT2D eigenvalue weighted by Gasteiger charge is -2.14. The highest BCUT2D eigenvalue weighted by atomic mass is 19.1. The summed E-state index contributed by atoms with van der Waals surface area (Å²) in [6.45, 7) is 6.04. The zero-order chi connectivity index (χ0) is 14.7. The molecule has 2 heteroatoms. The Morgan fingerprint density at radius 3 is 2.10 bits per heavy atom. The summed E-state index contributed by atoms with van der Waals surface area (Å²) in [5.41, 5.74) is 2.80. The van der Waals surface area contributed by atoms with Gasteiger partial charge in [-0.25, -0.2) is 8.78 Å². The molecule has 0 aliphatic carbocycles. The molecule has 0 aromatic heterocycles. The van der Waals surface area contributed by atoms with Crippen LogP contribution < -0.4 is 0 Å². The molecule has 2 aromatic carbocycles. The Hall–Kier alpha value is -1.70. The second-order valence-corrected chi connectivity index (χ2v) is 5.67. The maximum absolute atomic E-state index is 14.0.